The van der Waals surface area contributed by atoms with Crippen molar-refractivity contribution in [1.29, 1.82) is 5.26 Å². The number of nitriles is 1. The highest BCUT2D eigenvalue weighted by Crippen LogP contribution is 2.16. The van der Waals surface area contributed by atoms with Gasteiger partial charge in [-0.3, -0.25) is 4.57 Å². The molecule has 4 heteroatoms. The van der Waals surface area contributed by atoms with Gasteiger partial charge in [0.1, 0.15) is 0 Å². The highest BCUT2D eigenvalue weighted by Gasteiger charge is 2.11. The summed E-state index contributed by atoms with van der Waals surface area (Å²) < 4.78 is 1.63. The van der Waals surface area contributed by atoms with E-state index in [0.717, 1.165) is 11.4 Å². The zero-order chi connectivity index (χ0) is 12.4. The van der Waals surface area contributed by atoms with Crippen LogP contribution in [0.2, 0.25) is 0 Å². The molecule has 2 aromatic rings. The number of imidazole rings is 1. The fourth-order valence-electron chi connectivity index (χ4n) is 1.76. The Morgan fingerprint density at radius 3 is 2.47 bits per heavy atom. The molecule has 1 aromatic carbocycles. The maximum absolute atomic E-state index is 11.7. The number of hydrogen-bond donors (Lipinski definition) is 1. The van der Waals surface area contributed by atoms with Crippen molar-refractivity contribution in [2.24, 2.45) is 0 Å². The number of rotatable bonds is 2. The van der Waals surface area contributed by atoms with Gasteiger partial charge in [-0.15, -0.1) is 0 Å². The van der Waals surface area contributed by atoms with Crippen LogP contribution < -0.4 is 5.69 Å². The lowest BCUT2D eigenvalue weighted by molar-refractivity contribution is 0.776. The smallest absolute Gasteiger partial charge is 0.312 e. The number of aromatic nitrogens is 2. The van der Waals surface area contributed by atoms with Crippen LogP contribution in [-0.4, -0.2) is 9.55 Å². The molecule has 2 rings (SSSR count). The molecule has 17 heavy (non-hydrogen) atoms. The van der Waals surface area contributed by atoms with Gasteiger partial charge in [-0.25, -0.2) is 4.79 Å². The molecule has 4 nitrogen and oxygen atoms in total. The predicted molar refractivity (Wildman–Crippen MR) is 65.2 cm³/mol. The summed E-state index contributed by atoms with van der Waals surface area (Å²) in [5.41, 5.74) is 2.14. The van der Waals surface area contributed by atoms with Crippen LogP contribution in [0.15, 0.2) is 35.3 Å². The third-order valence-corrected chi connectivity index (χ3v) is 2.65. The molecule has 0 saturated carbocycles. The van der Waals surface area contributed by atoms with Crippen LogP contribution in [0.4, 0.5) is 0 Å². The van der Waals surface area contributed by atoms with Gasteiger partial charge in [-0.1, -0.05) is 13.8 Å². The second-order valence-electron chi connectivity index (χ2n) is 4.17. The Kier molecular flexibility index (Phi) is 2.84. The Bertz CT molecular complexity index is 611. The average Bonchev–Trinajstić information content (AvgIpc) is 2.71. The van der Waals surface area contributed by atoms with Gasteiger partial charge in [0.05, 0.1) is 17.3 Å². The first kappa shape index (κ1) is 11.2. The Morgan fingerprint density at radius 2 is 1.94 bits per heavy atom. The summed E-state index contributed by atoms with van der Waals surface area (Å²) >= 11 is 0. The van der Waals surface area contributed by atoms with Gasteiger partial charge < -0.3 is 4.98 Å². The minimum atomic E-state index is -0.154. The number of nitrogens with zero attached hydrogens (tertiary/aromatic N) is 2. The van der Waals surface area contributed by atoms with Crippen LogP contribution >= 0.6 is 0 Å². The van der Waals surface area contributed by atoms with E-state index in [1.54, 1.807) is 35.0 Å². The molecule has 0 fully saturated rings. The second-order valence-corrected chi connectivity index (χ2v) is 4.17. The highest BCUT2D eigenvalue weighted by atomic mass is 16.1. The monoisotopic (exact) mass is 227 g/mol. The minimum Gasteiger partial charge on any atom is -0.312 e. The number of nitrogens with one attached hydrogen (secondary N) is 1. The number of hydrogen-bond acceptors (Lipinski definition) is 2. The molecule has 0 radical (unpaired) electrons. The van der Waals surface area contributed by atoms with E-state index in [1.165, 1.54) is 0 Å². The van der Waals surface area contributed by atoms with Crippen molar-refractivity contribution in [2.75, 3.05) is 0 Å². The molecule has 0 unspecified atom stereocenters. The fourth-order valence-corrected chi connectivity index (χ4v) is 1.76. The summed E-state index contributed by atoms with van der Waals surface area (Å²) in [5.74, 6) is 0.254. The Labute approximate surface area is 99.1 Å². The summed E-state index contributed by atoms with van der Waals surface area (Å²) in [4.78, 5) is 14.4. The topological polar surface area (TPSA) is 61.6 Å². The molecule has 0 aliphatic heterocycles. The number of benzene rings is 1. The van der Waals surface area contributed by atoms with Gasteiger partial charge in [0.25, 0.3) is 0 Å². The third-order valence-electron chi connectivity index (χ3n) is 2.65. The van der Waals surface area contributed by atoms with Gasteiger partial charge in [-0.05, 0) is 30.2 Å². The van der Waals surface area contributed by atoms with Crippen LogP contribution in [0, 0.1) is 11.3 Å². The van der Waals surface area contributed by atoms with Crippen LogP contribution in [-0.2, 0) is 0 Å². The molecule has 86 valence electrons. The van der Waals surface area contributed by atoms with Gasteiger partial charge in [0, 0.05) is 11.9 Å². The molecule has 0 atom stereocenters. The maximum atomic E-state index is 11.7. The summed E-state index contributed by atoms with van der Waals surface area (Å²) in [6.45, 7) is 4.06. The van der Waals surface area contributed by atoms with Crippen LogP contribution in [0.25, 0.3) is 5.69 Å². The van der Waals surface area contributed by atoms with Crippen molar-refractivity contribution in [3.63, 3.8) is 0 Å². The molecule has 0 aliphatic carbocycles. The van der Waals surface area contributed by atoms with E-state index < -0.39 is 0 Å². The molecule has 0 amide bonds. The van der Waals surface area contributed by atoms with Crippen LogP contribution in [0.1, 0.15) is 31.0 Å². The molecule has 1 N–H and O–H groups in total. The maximum Gasteiger partial charge on any atom is 0.330 e. The van der Waals surface area contributed by atoms with Crippen LogP contribution in [0.3, 0.4) is 0 Å². The lowest BCUT2D eigenvalue weighted by Crippen LogP contribution is -2.17. The fraction of sp³-hybridized carbons (Fsp3) is 0.231. The van der Waals surface area contributed by atoms with E-state index in [2.05, 4.69) is 11.1 Å². The van der Waals surface area contributed by atoms with Crippen molar-refractivity contribution in [2.45, 2.75) is 19.8 Å². The van der Waals surface area contributed by atoms with Crippen molar-refractivity contribution in [3.05, 3.63) is 52.2 Å². The Hall–Kier alpha value is -2.28. The first-order valence-electron chi connectivity index (χ1n) is 5.44. The van der Waals surface area contributed by atoms with E-state index in [-0.39, 0.29) is 11.6 Å². The first-order valence-corrected chi connectivity index (χ1v) is 5.44. The molecular formula is C13H13N3O. The largest absolute Gasteiger partial charge is 0.330 e. The second kappa shape index (κ2) is 4.30. The Morgan fingerprint density at radius 1 is 1.29 bits per heavy atom. The lowest BCUT2D eigenvalue weighted by atomic mass is 10.1. The van der Waals surface area contributed by atoms with E-state index in [0.29, 0.717) is 5.56 Å². The van der Waals surface area contributed by atoms with E-state index >= 15 is 0 Å². The molecule has 0 bridgehead atoms. The first-order chi connectivity index (χ1) is 8.13. The highest BCUT2D eigenvalue weighted by molar-refractivity contribution is 5.40. The van der Waals surface area contributed by atoms with Crippen molar-refractivity contribution in [1.82, 2.24) is 9.55 Å². The van der Waals surface area contributed by atoms with Gasteiger partial charge >= 0.3 is 5.69 Å². The average molecular weight is 227 g/mol. The number of aromatic amines is 1. The molecule has 1 heterocycles. The zero-order valence-corrected chi connectivity index (χ0v) is 9.77. The molecular weight excluding hydrogens is 214 g/mol. The van der Waals surface area contributed by atoms with Gasteiger partial charge in [0.2, 0.25) is 0 Å². The number of H-pyrrole nitrogens is 1. The normalized spacial score (nSPS) is 10.5. The third kappa shape index (κ3) is 2.00. The van der Waals surface area contributed by atoms with Crippen molar-refractivity contribution in [3.8, 4) is 11.8 Å². The Balaban J connectivity index is 2.56. The molecule has 0 saturated heterocycles. The molecule has 0 spiro atoms. The van der Waals surface area contributed by atoms with Crippen molar-refractivity contribution >= 4 is 0 Å². The van der Waals surface area contributed by atoms with E-state index in [4.69, 9.17) is 5.26 Å². The van der Waals surface area contributed by atoms with Gasteiger partial charge in [0.15, 0.2) is 0 Å². The minimum absolute atomic E-state index is 0.154. The summed E-state index contributed by atoms with van der Waals surface area (Å²) in [5, 5.41) is 8.73. The van der Waals surface area contributed by atoms with E-state index in [9.17, 15) is 4.79 Å². The van der Waals surface area contributed by atoms with Crippen LogP contribution in [0.5, 0.6) is 0 Å². The SMILES string of the molecule is CC(C)c1c[nH]c(=O)n1-c1ccc(C#N)cc1. The summed E-state index contributed by atoms with van der Waals surface area (Å²) in [6.07, 6.45) is 1.73. The lowest BCUT2D eigenvalue weighted by Gasteiger charge is -2.09. The van der Waals surface area contributed by atoms with Gasteiger partial charge in [-0.2, -0.15) is 5.26 Å². The standard InChI is InChI=1S/C13H13N3O/c1-9(2)12-8-15-13(17)16(12)11-5-3-10(7-14)4-6-11/h3-6,8-9H,1-2H3,(H,15,17). The van der Waals surface area contributed by atoms with Crippen molar-refractivity contribution < 1.29 is 0 Å². The van der Waals surface area contributed by atoms with E-state index in [1.807, 2.05) is 13.8 Å². The molecule has 1 aromatic heterocycles. The summed E-state index contributed by atoms with van der Waals surface area (Å²) in [7, 11) is 0. The summed E-state index contributed by atoms with van der Waals surface area (Å²) in [6, 6.07) is 9.03. The molecule has 0 aliphatic rings. The quantitative estimate of drug-likeness (QED) is 0.854. The predicted octanol–water partition coefficient (Wildman–Crippen LogP) is 2.16. The zero-order valence-electron chi connectivity index (χ0n) is 9.77.